The van der Waals surface area contributed by atoms with Gasteiger partial charge in [0.25, 0.3) is 0 Å². The molecule has 0 aliphatic carbocycles. The van der Waals surface area contributed by atoms with Gasteiger partial charge in [-0.2, -0.15) is 0 Å². The summed E-state index contributed by atoms with van der Waals surface area (Å²) >= 11 is 0. The van der Waals surface area contributed by atoms with Crippen molar-refractivity contribution in [3.8, 4) is 11.5 Å². The molecule has 0 aromatic heterocycles. The van der Waals surface area contributed by atoms with Crippen molar-refractivity contribution in [1.82, 2.24) is 5.32 Å². The van der Waals surface area contributed by atoms with Gasteiger partial charge >= 0.3 is 0 Å². The second-order valence-electron chi connectivity index (χ2n) is 7.49. The Morgan fingerprint density at radius 1 is 0.963 bits per heavy atom. The molecule has 0 fully saturated rings. The van der Waals surface area contributed by atoms with Gasteiger partial charge in [-0.25, -0.2) is 0 Å². The van der Waals surface area contributed by atoms with Crippen LogP contribution in [0.15, 0.2) is 42.5 Å². The van der Waals surface area contributed by atoms with Crippen LogP contribution in [0.5, 0.6) is 11.5 Å². The highest BCUT2D eigenvalue weighted by molar-refractivity contribution is 5.90. The maximum atomic E-state index is 12.1. The quantitative estimate of drug-likeness (QED) is 0.686. The number of rotatable bonds is 8. The molecule has 146 valence electrons. The summed E-state index contributed by atoms with van der Waals surface area (Å²) in [6.45, 7) is 7.77. The molecule has 0 bridgehead atoms. The van der Waals surface area contributed by atoms with E-state index >= 15 is 0 Å². The van der Waals surface area contributed by atoms with Crippen LogP contribution in [0, 0.1) is 0 Å². The van der Waals surface area contributed by atoms with Crippen LogP contribution >= 0.6 is 0 Å². The predicted octanol–water partition coefficient (Wildman–Crippen LogP) is 4.12. The van der Waals surface area contributed by atoms with E-state index in [2.05, 4.69) is 43.5 Å². The molecule has 0 aliphatic heterocycles. The van der Waals surface area contributed by atoms with E-state index in [0.717, 1.165) is 11.3 Å². The van der Waals surface area contributed by atoms with Gasteiger partial charge in [-0.05, 0) is 40.8 Å². The first kappa shape index (κ1) is 20.8. The molecule has 0 radical (unpaired) electrons. The number of amides is 1. The van der Waals surface area contributed by atoms with E-state index in [1.165, 1.54) is 5.56 Å². The van der Waals surface area contributed by atoms with Crippen LogP contribution in [0.1, 0.15) is 38.3 Å². The third-order valence-corrected chi connectivity index (χ3v) is 4.34. The van der Waals surface area contributed by atoms with E-state index in [1.54, 1.807) is 14.2 Å². The zero-order valence-electron chi connectivity index (χ0n) is 16.9. The van der Waals surface area contributed by atoms with E-state index < -0.39 is 0 Å². The molecule has 2 rings (SSSR count). The summed E-state index contributed by atoms with van der Waals surface area (Å²) in [6, 6.07) is 13.8. The zero-order valence-corrected chi connectivity index (χ0v) is 16.9. The lowest BCUT2D eigenvalue weighted by atomic mass is 9.87. The zero-order chi connectivity index (χ0) is 19.9. The fraction of sp³-hybridized carbons (Fsp3) is 0.409. The van der Waals surface area contributed by atoms with Gasteiger partial charge in [0.2, 0.25) is 5.91 Å². The third-order valence-electron chi connectivity index (χ3n) is 4.34. The molecule has 0 saturated heterocycles. The number of nitrogens with one attached hydrogen (secondary N) is 2. The van der Waals surface area contributed by atoms with E-state index in [-0.39, 0.29) is 11.3 Å². The average molecular weight is 370 g/mol. The van der Waals surface area contributed by atoms with Gasteiger partial charge in [-0.3, -0.25) is 4.79 Å². The molecule has 5 nitrogen and oxygen atoms in total. The fourth-order valence-corrected chi connectivity index (χ4v) is 2.70. The van der Waals surface area contributed by atoms with Crippen molar-refractivity contribution in [2.24, 2.45) is 0 Å². The van der Waals surface area contributed by atoms with Gasteiger partial charge in [0.1, 0.15) is 0 Å². The summed E-state index contributed by atoms with van der Waals surface area (Å²) in [4.78, 5) is 12.1. The minimum atomic E-state index is -0.00156. The molecule has 5 heteroatoms. The summed E-state index contributed by atoms with van der Waals surface area (Å²) in [5.74, 6) is 1.41. The summed E-state index contributed by atoms with van der Waals surface area (Å²) in [7, 11) is 3.23. The number of anilines is 1. The number of benzene rings is 2. The Bertz CT molecular complexity index is 749. The maximum Gasteiger partial charge on any atom is 0.225 e. The molecule has 0 unspecified atom stereocenters. The van der Waals surface area contributed by atoms with Crippen molar-refractivity contribution in [3.63, 3.8) is 0 Å². The first-order valence-corrected chi connectivity index (χ1v) is 9.15. The average Bonchev–Trinajstić information content (AvgIpc) is 2.64. The topological polar surface area (TPSA) is 59.6 Å². The van der Waals surface area contributed by atoms with Crippen LogP contribution in [0.2, 0.25) is 0 Å². The Balaban J connectivity index is 1.76. The summed E-state index contributed by atoms with van der Waals surface area (Å²) in [5.41, 5.74) is 3.26. The molecule has 0 atom stereocenters. The highest BCUT2D eigenvalue weighted by atomic mass is 16.5. The third kappa shape index (κ3) is 6.29. The second kappa shape index (κ2) is 9.42. The Hall–Kier alpha value is -2.53. The lowest BCUT2D eigenvalue weighted by molar-refractivity contribution is -0.116. The van der Waals surface area contributed by atoms with Gasteiger partial charge in [0.15, 0.2) is 11.5 Å². The fourth-order valence-electron chi connectivity index (χ4n) is 2.70. The Kier molecular flexibility index (Phi) is 7.25. The summed E-state index contributed by atoms with van der Waals surface area (Å²) in [6.07, 6.45) is 0.411. The smallest absolute Gasteiger partial charge is 0.225 e. The standard InChI is InChI=1S/C22H30N2O3/c1-22(2,3)17-7-9-18(10-8-17)24-21(25)12-13-23-15-16-6-11-19(26-4)20(14-16)27-5/h6-11,14,23H,12-13,15H2,1-5H3,(H,24,25). The number of hydrogen-bond acceptors (Lipinski definition) is 4. The highest BCUT2D eigenvalue weighted by Gasteiger charge is 2.13. The second-order valence-corrected chi connectivity index (χ2v) is 7.49. The number of ether oxygens (including phenoxy) is 2. The molecular weight excluding hydrogens is 340 g/mol. The van der Waals surface area contributed by atoms with Gasteiger partial charge in [0.05, 0.1) is 14.2 Å². The van der Waals surface area contributed by atoms with E-state index in [0.29, 0.717) is 31.0 Å². The van der Waals surface area contributed by atoms with Gasteiger partial charge in [-0.1, -0.05) is 39.0 Å². The van der Waals surface area contributed by atoms with E-state index in [4.69, 9.17) is 9.47 Å². The molecule has 2 aromatic carbocycles. The van der Waals surface area contributed by atoms with Crippen LogP contribution < -0.4 is 20.1 Å². The van der Waals surface area contributed by atoms with Crippen LogP contribution in [-0.4, -0.2) is 26.7 Å². The molecule has 2 aromatic rings. The summed E-state index contributed by atoms with van der Waals surface area (Å²) < 4.78 is 10.5. The molecule has 0 spiro atoms. The molecule has 0 saturated carbocycles. The molecule has 0 aliphatic rings. The molecule has 1 amide bonds. The van der Waals surface area contributed by atoms with Gasteiger partial charge in [0, 0.05) is 25.2 Å². The molecule has 2 N–H and O–H groups in total. The first-order chi connectivity index (χ1) is 12.8. The Labute approximate surface area is 162 Å². The number of hydrogen-bond donors (Lipinski definition) is 2. The maximum absolute atomic E-state index is 12.1. The highest BCUT2D eigenvalue weighted by Crippen LogP contribution is 2.27. The predicted molar refractivity (Wildman–Crippen MR) is 110 cm³/mol. The SMILES string of the molecule is COc1ccc(CNCCC(=O)Nc2ccc(C(C)(C)C)cc2)cc1OC. The van der Waals surface area contributed by atoms with Crippen molar-refractivity contribution in [3.05, 3.63) is 53.6 Å². The van der Waals surface area contributed by atoms with E-state index in [9.17, 15) is 4.79 Å². The van der Waals surface area contributed by atoms with Crippen LogP contribution in [0.25, 0.3) is 0 Å². The Morgan fingerprint density at radius 3 is 2.22 bits per heavy atom. The van der Waals surface area contributed by atoms with Crippen molar-refractivity contribution >= 4 is 11.6 Å². The lowest BCUT2D eigenvalue weighted by Gasteiger charge is -2.19. The minimum absolute atomic E-state index is 0.00156. The van der Waals surface area contributed by atoms with Gasteiger partial charge in [-0.15, -0.1) is 0 Å². The van der Waals surface area contributed by atoms with Crippen molar-refractivity contribution in [2.75, 3.05) is 26.1 Å². The van der Waals surface area contributed by atoms with Crippen LogP contribution in [0.3, 0.4) is 0 Å². The first-order valence-electron chi connectivity index (χ1n) is 9.15. The normalized spacial score (nSPS) is 11.1. The van der Waals surface area contributed by atoms with E-state index in [1.807, 2.05) is 30.3 Å². The largest absolute Gasteiger partial charge is 0.493 e. The minimum Gasteiger partial charge on any atom is -0.493 e. The molecular formula is C22H30N2O3. The number of carbonyl (C=O) groups excluding carboxylic acids is 1. The lowest BCUT2D eigenvalue weighted by Crippen LogP contribution is -2.21. The van der Waals surface area contributed by atoms with Gasteiger partial charge < -0.3 is 20.1 Å². The van der Waals surface area contributed by atoms with Crippen LogP contribution in [0.4, 0.5) is 5.69 Å². The molecule has 27 heavy (non-hydrogen) atoms. The molecule has 0 heterocycles. The van der Waals surface area contributed by atoms with Crippen molar-refractivity contribution in [2.45, 2.75) is 39.2 Å². The Morgan fingerprint density at radius 2 is 1.63 bits per heavy atom. The van der Waals surface area contributed by atoms with Crippen molar-refractivity contribution in [1.29, 1.82) is 0 Å². The van der Waals surface area contributed by atoms with Crippen LogP contribution in [-0.2, 0) is 16.8 Å². The number of methoxy groups -OCH3 is 2. The number of carbonyl (C=O) groups is 1. The van der Waals surface area contributed by atoms with Crippen molar-refractivity contribution < 1.29 is 14.3 Å². The monoisotopic (exact) mass is 370 g/mol. The summed E-state index contributed by atoms with van der Waals surface area (Å²) in [5, 5.41) is 6.22.